The van der Waals surface area contributed by atoms with Gasteiger partial charge in [-0.25, -0.2) is 0 Å². The van der Waals surface area contributed by atoms with Gasteiger partial charge in [-0.05, 0) is 56.9 Å². The first kappa shape index (κ1) is 12.9. The number of anilines is 1. The van der Waals surface area contributed by atoms with E-state index in [1.807, 2.05) is 24.3 Å². The van der Waals surface area contributed by atoms with Crippen molar-refractivity contribution in [2.75, 3.05) is 4.90 Å². The van der Waals surface area contributed by atoms with Gasteiger partial charge in [0.2, 0.25) is 5.91 Å². The van der Waals surface area contributed by atoms with Gasteiger partial charge in [0.05, 0.1) is 0 Å². The van der Waals surface area contributed by atoms with Crippen molar-refractivity contribution in [3.63, 3.8) is 0 Å². The molecule has 2 N–H and O–H groups in total. The third-order valence-electron chi connectivity index (χ3n) is 3.89. The van der Waals surface area contributed by atoms with E-state index in [-0.39, 0.29) is 5.91 Å². The zero-order valence-corrected chi connectivity index (χ0v) is 11.4. The number of hydrogen-bond acceptors (Lipinski definition) is 2. The number of nitrogens with two attached hydrogens (primary N) is 1. The Balaban J connectivity index is 2.22. The van der Waals surface area contributed by atoms with Crippen LogP contribution in [-0.4, -0.2) is 18.0 Å². The van der Waals surface area contributed by atoms with Crippen molar-refractivity contribution in [1.82, 2.24) is 0 Å². The highest BCUT2D eigenvalue weighted by Crippen LogP contribution is 2.32. The highest BCUT2D eigenvalue weighted by molar-refractivity contribution is 5.93. The van der Waals surface area contributed by atoms with Gasteiger partial charge in [0.1, 0.15) is 0 Å². The lowest BCUT2D eigenvalue weighted by Gasteiger charge is -2.43. The molecule has 0 bridgehead atoms. The molecule has 1 aliphatic heterocycles. The molecule has 1 aromatic rings. The number of rotatable bonds is 2. The van der Waals surface area contributed by atoms with Gasteiger partial charge < -0.3 is 10.6 Å². The number of benzene rings is 1. The largest absolute Gasteiger partial charge is 0.366 e. The summed E-state index contributed by atoms with van der Waals surface area (Å²) in [5.74, 6) is 0.422. The zero-order valence-electron chi connectivity index (χ0n) is 11.4. The van der Waals surface area contributed by atoms with Crippen LogP contribution in [0, 0.1) is 5.92 Å². The highest BCUT2D eigenvalue weighted by atomic mass is 16.1. The summed E-state index contributed by atoms with van der Waals surface area (Å²) in [6, 6.07) is 8.72. The molecule has 1 amide bonds. The molecule has 0 saturated carbocycles. The van der Waals surface area contributed by atoms with Gasteiger partial charge in [-0.3, -0.25) is 4.79 Å². The number of carbonyl (C=O) groups excluding carboxylic acids is 1. The highest BCUT2D eigenvalue weighted by Gasteiger charge is 2.28. The average molecular weight is 246 g/mol. The molecule has 0 spiro atoms. The Morgan fingerprint density at radius 3 is 2.06 bits per heavy atom. The van der Waals surface area contributed by atoms with Crippen molar-refractivity contribution in [2.45, 2.75) is 45.7 Å². The summed E-state index contributed by atoms with van der Waals surface area (Å²) in [4.78, 5) is 13.5. The molecule has 2 rings (SSSR count). The van der Waals surface area contributed by atoms with Crippen LogP contribution < -0.4 is 10.6 Å². The molecule has 2 unspecified atom stereocenters. The Morgan fingerprint density at radius 1 is 1.11 bits per heavy atom. The summed E-state index contributed by atoms with van der Waals surface area (Å²) in [7, 11) is 0. The van der Waals surface area contributed by atoms with Crippen LogP contribution in [0.2, 0.25) is 0 Å². The van der Waals surface area contributed by atoms with E-state index in [0.717, 1.165) is 5.92 Å². The molecule has 2 atom stereocenters. The van der Waals surface area contributed by atoms with Crippen molar-refractivity contribution in [3.8, 4) is 0 Å². The Labute approximate surface area is 109 Å². The van der Waals surface area contributed by atoms with Crippen molar-refractivity contribution in [1.29, 1.82) is 0 Å². The summed E-state index contributed by atoms with van der Waals surface area (Å²) in [5.41, 5.74) is 7.02. The first-order valence-corrected chi connectivity index (χ1v) is 6.67. The molecule has 0 aliphatic carbocycles. The minimum atomic E-state index is -0.366. The second-order valence-corrected chi connectivity index (χ2v) is 5.59. The van der Waals surface area contributed by atoms with Gasteiger partial charge in [0.15, 0.2) is 0 Å². The number of piperidine rings is 1. The quantitative estimate of drug-likeness (QED) is 0.872. The monoisotopic (exact) mass is 246 g/mol. The average Bonchev–Trinajstić information content (AvgIpc) is 2.28. The predicted molar refractivity (Wildman–Crippen MR) is 74.8 cm³/mol. The smallest absolute Gasteiger partial charge is 0.248 e. The Kier molecular flexibility index (Phi) is 3.60. The maximum absolute atomic E-state index is 11.1. The van der Waals surface area contributed by atoms with E-state index in [0.29, 0.717) is 17.6 Å². The standard InChI is InChI=1S/C15H22N2O/c1-10-8-11(2)17(12(3)9-10)14-6-4-13(5-7-14)15(16)18/h4-7,10-12H,8-9H2,1-3H3,(H2,16,18). The summed E-state index contributed by atoms with van der Waals surface area (Å²) < 4.78 is 0. The third kappa shape index (κ3) is 2.50. The van der Waals surface area contributed by atoms with E-state index in [2.05, 4.69) is 25.7 Å². The van der Waals surface area contributed by atoms with E-state index in [1.165, 1.54) is 18.5 Å². The van der Waals surface area contributed by atoms with Gasteiger partial charge in [-0.15, -0.1) is 0 Å². The van der Waals surface area contributed by atoms with Crippen LogP contribution in [0.1, 0.15) is 44.0 Å². The number of nitrogens with zero attached hydrogens (tertiary/aromatic N) is 1. The molecular weight excluding hydrogens is 224 g/mol. The molecule has 3 nitrogen and oxygen atoms in total. The van der Waals surface area contributed by atoms with Crippen molar-refractivity contribution >= 4 is 11.6 Å². The van der Waals surface area contributed by atoms with Crippen molar-refractivity contribution < 1.29 is 4.79 Å². The molecule has 18 heavy (non-hydrogen) atoms. The second-order valence-electron chi connectivity index (χ2n) is 5.59. The van der Waals surface area contributed by atoms with Gasteiger partial charge >= 0.3 is 0 Å². The minimum Gasteiger partial charge on any atom is -0.366 e. The Hall–Kier alpha value is -1.51. The number of carbonyl (C=O) groups is 1. The van der Waals surface area contributed by atoms with E-state index >= 15 is 0 Å². The van der Waals surface area contributed by atoms with Crippen molar-refractivity contribution in [3.05, 3.63) is 29.8 Å². The molecule has 0 radical (unpaired) electrons. The lowest BCUT2D eigenvalue weighted by atomic mass is 9.88. The predicted octanol–water partition coefficient (Wildman–Crippen LogP) is 2.80. The topological polar surface area (TPSA) is 46.3 Å². The van der Waals surface area contributed by atoms with Crippen LogP contribution in [0.15, 0.2) is 24.3 Å². The number of primary amides is 1. The summed E-state index contributed by atoms with van der Waals surface area (Å²) in [6.07, 6.45) is 2.45. The van der Waals surface area contributed by atoms with Gasteiger partial charge in [0, 0.05) is 23.3 Å². The second kappa shape index (κ2) is 5.01. The molecular formula is C15H22N2O. The summed E-state index contributed by atoms with van der Waals surface area (Å²) in [6.45, 7) is 6.86. The molecule has 0 aromatic heterocycles. The van der Waals surface area contributed by atoms with Crippen LogP contribution in [0.5, 0.6) is 0 Å². The van der Waals surface area contributed by atoms with Crippen LogP contribution in [0.3, 0.4) is 0 Å². The fourth-order valence-corrected chi connectivity index (χ4v) is 3.23. The van der Waals surface area contributed by atoms with E-state index < -0.39 is 0 Å². The van der Waals surface area contributed by atoms with Crippen LogP contribution >= 0.6 is 0 Å². The van der Waals surface area contributed by atoms with Crippen LogP contribution in [0.25, 0.3) is 0 Å². The van der Waals surface area contributed by atoms with Crippen LogP contribution in [-0.2, 0) is 0 Å². The minimum absolute atomic E-state index is 0.366. The van der Waals surface area contributed by atoms with Gasteiger partial charge in [-0.2, -0.15) is 0 Å². The SMILES string of the molecule is CC1CC(C)N(c2ccc(C(N)=O)cc2)C(C)C1. The van der Waals surface area contributed by atoms with Gasteiger partial charge in [0.25, 0.3) is 0 Å². The summed E-state index contributed by atoms with van der Waals surface area (Å²) >= 11 is 0. The van der Waals surface area contributed by atoms with Gasteiger partial charge in [-0.1, -0.05) is 6.92 Å². The first-order valence-electron chi connectivity index (χ1n) is 6.67. The molecule has 1 aromatic carbocycles. The van der Waals surface area contributed by atoms with E-state index in [9.17, 15) is 4.79 Å². The lowest BCUT2D eigenvalue weighted by Crippen LogP contribution is -2.46. The van der Waals surface area contributed by atoms with Crippen molar-refractivity contribution in [2.24, 2.45) is 11.7 Å². The lowest BCUT2D eigenvalue weighted by molar-refractivity contribution is 0.100. The Morgan fingerprint density at radius 2 is 1.61 bits per heavy atom. The molecule has 3 heteroatoms. The zero-order chi connectivity index (χ0) is 13.3. The Bertz CT molecular complexity index is 415. The number of hydrogen-bond donors (Lipinski definition) is 1. The van der Waals surface area contributed by atoms with E-state index in [4.69, 9.17) is 5.73 Å². The molecule has 1 aliphatic rings. The summed E-state index contributed by atoms with van der Waals surface area (Å²) in [5, 5.41) is 0. The molecule has 1 fully saturated rings. The first-order chi connectivity index (χ1) is 8.49. The molecule has 98 valence electrons. The normalized spacial score (nSPS) is 28.2. The fourth-order valence-electron chi connectivity index (χ4n) is 3.23. The van der Waals surface area contributed by atoms with E-state index in [1.54, 1.807) is 0 Å². The maximum Gasteiger partial charge on any atom is 0.248 e. The molecule has 1 saturated heterocycles. The van der Waals surface area contributed by atoms with Crippen LogP contribution in [0.4, 0.5) is 5.69 Å². The third-order valence-corrected chi connectivity index (χ3v) is 3.89. The fraction of sp³-hybridized carbons (Fsp3) is 0.533. The maximum atomic E-state index is 11.1. The number of amides is 1. The molecule has 1 heterocycles.